The summed E-state index contributed by atoms with van der Waals surface area (Å²) in [5.74, 6) is -2.68. The average Bonchev–Trinajstić information content (AvgIpc) is 2.66. The minimum absolute atomic E-state index is 0.221. The quantitative estimate of drug-likeness (QED) is 0.909. The topological polar surface area (TPSA) is 52.7 Å². The first-order valence-corrected chi connectivity index (χ1v) is 8.35. The highest BCUT2D eigenvalue weighted by molar-refractivity contribution is 5.96. The second-order valence-corrected chi connectivity index (χ2v) is 6.01. The van der Waals surface area contributed by atoms with Gasteiger partial charge < -0.3 is 15.1 Å². The summed E-state index contributed by atoms with van der Waals surface area (Å²) in [7, 11) is 0. The second-order valence-electron chi connectivity index (χ2n) is 6.01. The van der Waals surface area contributed by atoms with Crippen LogP contribution in [0.4, 0.5) is 14.5 Å². The van der Waals surface area contributed by atoms with Crippen molar-refractivity contribution in [2.24, 2.45) is 0 Å². The zero-order chi connectivity index (χ0) is 18.5. The molecule has 3 rings (SSSR count). The van der Waals surface area contributed by atoms with E-state index in [1.807, 2.05) is 30.3 Å². The average molecular weight is 359 g/mol. The summed E-state index contributed by atoms with van der Waals surface area (Å²) in [6.07, 6.45) is 0. The maximum atomic E-state index is 13.6. The molecule has 0 spiro atoms. The van der Waals surface area contributed by atoms with Gasteiger partial charge in [-0.3, -0.25) is 9.59 Å². The molecule has 0 saturated carbocycles. The number of nitrogens with one attached hydrogen (secondary N) is 1. The number of halogens is 2. The van der Waals surface area contributed by atoms with Crippen molar-refractivity contribution in [1.29, 1.82) is 0 Å². The van der Waals surface area contributed by atoms with E-state index in [1.54, 1.807) is 4.90 Å². The van der Waals surface area contributed by atoms with Crippen molar-refractivity contribution in [2.45, 2.75) is 0 Å². The highest BCUT2D eigenvalue weighted by Crippen LogP contribution is 2.15. The number of anilines is 1. The number of piperazine rings is 1. The SMILES string of the molecule is O=C(NCC(=O)N1CCN(c2ccccc2)CC1)c1ccc(F)cc1F. The smallest absolute Gasteiger partial charge is 0.254 e. The minimum atomic E-state index is -0.952. The molecular weight excluding hydrogens is 340 g/mol. The molecule has 1 saturated heterocycles. The van der Waals surface area contributed by atoms with Crippen molar-refractivity contribution < 1.29 is 18.4 Å². The van der Waals surface area contributed by atoms with Gasteiger partial charge in [-0.1, -0.05) is 18.2 Å². The number of benzene rings is 2. The standard InChI is InChI=1S/C19H19F2N3O2/c20-14-6-7-16(17(21)12-14)19(26)22-13-18(25)24-10-8-23(9-11-24)15-4-2-1-3-5-15/h1-7,12H,8-11,13H2,(H,22,26). The number of carbonyl (C=O) groups is 2. The van der Waals surface area contributed by atoms with E-state index in [4.69, 9.17) is 0 Å². The Morgan fingerprint density at radius 2 is 1.65 bits per heavy atom. The monoisotopic (exact) mass is 359 g/mol. The molecule has 7 heteroatoms. The van der Waals surface area contributed by atoms with Gasteiger partial charge >= 0.3 is 0 Å². The van der Waals surface area contributed by atoms with Crippen LogP contribution in [0.5, 0.6) is 0 Å². The van der Waals surface area contributed by atoms with Crippen LogP contribution in [0.2, 0.25) is 0 Å². The summed E-state index contributed by atoms with van der Waals surface area (Å²) in [6, 6.07) is 12.6. The van der Waals surface area contributed by atoms with E-state index in [2.05, 4.69) is 10.2 Å². The van der Waals surface area contributed by atoms with Crippen LogP contribution < -0.4 is 10.2 Å². The fraction of sp³-hybridized carbons (Fsp3) is 0.263. The Bertz CT molecular complexity index is 791. The van der Waals surface area contributed by atoms with E-state index in [9.17, 15) is 18.4 Å². The molecule has 2 aromatic rings. The van der Waals surface area contributed by atoms with Crippen LogP contribution >= 0.6 is 0 Å². The first kappa shape index (κ1) is 17.8. The van der Waals surface area contributed by atoms with Gasteiger partial charge in [-0.05, 0) is 24.3 Å². The van der Waals surface area contributed by atoms with Crippen molar-refractivity contribution in [2.75, 3.05) is 37.6 Å². The summed E-state index contributed by atoms with van der Waals surface area (Å²) in [5.41, 5.74) is 0.827. The Morgan fingerprint density at radius 1 is 0.962 bits per heavy atom. The molecule has 0 bridgehead atoms. The molecule has 0 radical (unpaired) electrons. The molecule has 0 atom stereocenters. The first-order chi connectivity index (χ1) is 12.5. The van der Waals surface area contributed by atoms with Gasteiger partial charge in [0.05, 0.1) is 12.1 Å². The molecule has 1 aliphatic heterocycles. The summed E-state index contributed by atoms with van der Waals surface area (Å²) >= 11 is 0. The Hall–Kier alpha value is -2.96. The fourth-order valence-electron chi connectivity index (χ4n) is 2.89. The number of amides is 2. The fourth-order valence-corrected chi connectivity index (χ4v) is 2.89. The molecule has 5 nitrogen and oxygen atoms in total. The van der Waals surface area contributed by atoms with Crippen LogP contribution in [0.1, 0.15) is 10.4 Å². The van der Waals surface area contributed by atoms with E-state index in [-0.39, 0.29) is 18.0 Å². The molecule has 1 aliphatic rings. The number of para-hydroxylation sites is 1. The lowest BCUT2D eigenvalue weighted by molar-refractivity contribution is -0.130. The third-order valence-corrected chi connectivity index (χ3v) is 4.33. The van der Waals surface area contributed by atoms with Crippen LogP contribution in [0, 0.1) is 11.6 Å². The summed E-state index contributed by atoms with van der Waals surface area (Å²) < 4.78 is 26.5. The highest BCUT2D eigenvalue weighted by Gasteiger charge is 2.22. The van der Waals surface area contributed by atoms with Gasteiger partial charge in [0.2, 0.25) is 5.91 Å². The van der Waals surface area contributed by atoms with Crippen molar-refractivity contribution in [3.63, 3.8) is 0 Å². The van der Waals surface area contributed by atoms with E-state index < -0.39 is 17.5 Å². The number of carbonyl (C=O) groups excluding carboxylic acids is 2. The molecule has 1 fully saturated rings. The Balaban J connectivity index is 1.49. The Morgan fingerprint density at radius 3 is 2.31 bits per heavy atom. The summed E-state index contributed by atoms with van der Waals surface area (Å²) in [6.45, 7) is 2.29. The summed E-state index contributed by atoms with van der Waals surface area (Å²) in [5, 5.41) is 2.39. The maximum absolute atomic E-state index is 13.6. The first-order valence-electron chi connectivity index (χ1n) is 8.35. The van der Waals surface area contributed by atoms with Crippen molar-refractivity contribution in [1.82, 2.24) is 10.2 Å². The third-order valence-electron chi connectivity index (χ3n) is 4.33. The molecule has 2 amide bonds. The zero-order valence-corrected chi connectivity index (χ0v) is 14.1. The van der Waals surface area contributed by atoms with Gasteiger partial charge in [-0.2, -0.15) is 0 Å². The molecule has 1 heterocycles. The number of nitrogens with zero attached hydrogens (tertiary/aromatic N) is 2. The van der Waals surface area contributed by atoms with Crippen LogP contribution in [-0.4, -0.2) is 49.4 Å². The molecule has 0 aliphatic carbocycles. The number of hydrogen-bond acceptors (Lipinski definition) is 3. The molecule has 2 aromatic carbocycles. The normalized spacial score (nSPS) is 14.2. The Kier molecular flexibility index (Phi) is 5.46. The Labute approximate surface area is 150 Å². The van der Waals surface area contributed by atoms with E-state index in [1.165, 1.54) is 0 Å². The molecule has 0 aromatic heterocycles. The zero-order valence-electron chi connectivity index (χ0n) is 14.1. The largest absolute Gasteiger partial charge is 0.368 e. The van der Waals surface area contributed by atoms with Crippen LogP contribution in [0.3, 0.4) is 0 Å². The van der Waals surface area contributed by atoms with Crippen LogP contribution in [0.25, 0.3) is 0 Å². The lowest BCUT2D eigenvalue weighted by atomic mass is 10.2. The third kappa shape index (κ3) is 4.17. The minimum Gasteiger partial charge on any atom is -0.368 e. The number of rotatable bonds is 4. The van der Waals surface area contributed by atoms with Gasteiger partial charge in [0.15, 0.2) is 0 Å². The molecule has 26 heavy (non-hydrogen) atoms. The van der Waals surface area contributed by atoms with Gasteiger partial charge in [0, 0.05) is 37.9 Å². The molecule has 0 unspecified atom stereocenters. The van der Waals surface area contributed by atoms with E-state index >= 15 is 0 Å². The van der Waals surface area contributed by atoms with Crippen LogP contribution in [0.15, 0.2) is 48.5 Å². The predicted molar refractivity (Wildman–Crippen MR) is 93.9 cm³/mol. The van der Waals surface area contributed by atoms with E-state index in [0.29, 0.717) is 32.2 Å². The molecule has 136 valence electrons. The lowest BCUT2D eigenvalue weighted by Gasteiger charge is -2.36. The molecule has 1 N–H and O–H groups in total. The second kappa shape index (κ2) is 7.95. The van der Waals surface area contributed by atoms with Gasteiger partial charge in [-0.15, -0.1) is 0 Å². The van der Waals surface area contributed by atoms with Crippen molar-refractivity contribution in [3.8, 4) is 0 Å². The van der Waals surface area contributed by atoms with Gasteiger partial charge in [0.25, 0.3) is 5.91 Å². The number of hydrogen-bond donors (Lipinski definition) is 1. The van der Waals surface area contributed by atoms with Crippen molar-refractivity contribution >= 4 is 17.5 Å². The highest BCUT2D eigenvalue weighted by atomic mass is 19.1. The lowest BCUT2D eigenvalue weighted by Crippen LogP contribution is -2.51. The molecular formula is C19H19F2N3O2. The predicted octanol–water partition coefficient (Wildman–Crippen LogP) is 2.04. The van der Waals surface area contributed by atoms with Gasteiger partial charge in [0.1, 0.15) is 11.6 Å². The maximum Gasteiger partial charge on any atom is 0.254 e. The summed E-state index contributed by atoms with van der Waals surface area (Å²) in [4.78, 5) is 28.1. The van der Waals surface area contributed by atoms with Gasteiger partial charge in [-0.25, -0.2) is 8.78 Å². The van der Waals surface area contributed by atoms with Crippen LogP contribution in [-0.2, 0) is 4.79 Å². The van der Waals surface area contributed by atoms with Crippen molar-refractivity contribution in [3.05, 3.63) is 65.7 Å². The van der Waals surface area contributed by atoms with E-state index in [0.717, 1.165) is 17.8 Å².